The molecule has 4 nitrogen and oxygen atoms in total. The Morgan fingerprint density at radius 2 is 1.61 bits per heavy atom. The normalized spacial score (nSPS) is 12.3. The molecular weight excluding hydrogens is 549 g/mol. The summed E-state index contributed by atoms with van der Waals surface area (Å²) in [7, 11) is 0. The molecule has 1 heterocycles. The SMILES string of the molecule is Cc1ccc(C#Cc2ccc(C(=CCOc3ccc(OC(C)C(=O)O)c(C)c3)c3ccc(C(F)(F)F)cc3)cc2)s1. The summed E-state index contributed by atoms with van der Waals surface area (Å²) in [6.07, 6.45) is -3.61. The summed E-state index contributed by atoms with van der Waals surface area (Å²) in [4.78, 5) is 13.2. The fourth-order valence-corrected chi connectivity index (χ4v) is 4.64. The first-order valence-corrected chi connectivity index (χ1v) is 13.5. The minimum atomic E-state index is -4.43. The lowest BCUT2D eigenvalue weighted by molar-refractivity contribution is -0.144. The number of ether oxygens (including phenoxy) is 2. The predicted octanol–water partition coefficient (Wildman–Crippen LogP) is 8.15. The van der Waals surface area contributed by atoms with E-state index in [4.69, 9.17) is 14.6 Å². The average Bonchev–Trinajstić information content (AvgIpc) is 3.36. The molecule has 3 aromatic carbocycles. The van der Waals surface area contributed by atoms with Gasteiger partial charge >= 0.3 is 12.1 Å². The second-order valence-electron chi connectivity index (χ2n) is 9.27. The van der Waals surface area contributed by atoms with Gasteiger partial charge in [-0.05, 0) is 104 Å². The smallest absolute Gasteiger partial charge is 0.416 e. The van der Waals surface area contributed by atoms with Crippen LogP contribution in [-0.2, 0) is 11.0 Å². The van der Waals surface area contributed by atoms with Gasteiger partial charge in [-0.25, -0.2) is 4.79 Å². The molecule has 1 unspecified atom stereocenters. The molecule has 0 saturated heterocycles. The summed E-state index contributed by atoms with van der Waals surface area (Å²) in [5, 5.41) is 9.07. The monoisotopic (exact) mass is 576 g/mol. The van der Waals surface area contributed by atoms with Gasteiger partial charge in [0.15, 0.2) is 6.10 Å². The Hall–Kier alpha value is -4.48. The number of benzene rings is 3. The molecule has 41 heavy (non-hydrogen) atoms. The van der Waals surface area contributed by atoms with E-state index in [0.717, 1.165) is 28.1 Å². The standard InChI is InChI=1S/C33H27F3O4S/c1-21-20-28(14-17-31(21)40-23(3)32(37)38)39-19-18-30(26-10-12-27(13-11-26)33(34,35)36)25-8-5-24(6-9-25)7-16-29-15-4-22(2)41-29/h4-6,8-15,17-18,20,23H,19H2,1-3H3,(H,37,38). The van der Waals surface area contributed by atoms with Crippen molar-refractivity contribution in [1.29, 1.82) is 0 Å². The summed E-state index contributed by atoms with van der Waals surface area (Å²) in [6, 6.07) is 21.6. The van der Waals surface area contributed by atoms with Crippen LogP contribution in [0.3, 0.4) is 0 Å². The molecule has 4 aromatic rings. The number of rotatable bonds is 8. The summed E-state index contributed by atoms with van der Waals surface area (Å²) >= 11 is 1.62. The lowest BCUT2D eigenvalue weighted by Gasteiger charge is -2.14. The van der Waals surface area contributed by atoms with Crippen LogP contribution in [0.4, 0.5) is 13.2 Å². The van der Waals surface area contributed by atoms with Crippen LogP contribution in [0.1, 0.15) is 44.5 Å². The third-order valence-electron chi connectivity index (χ3n) is 6.12. The second-order valence-corrected chi connectivity index (χ2v) is 10.6. The van der Waals surface area contributed by atoms with Crippen molar-refractivity contribution in [2.24, 2.45) is 0 Å². The van der Waals surface area contributed by atoms with Crippen molar-refractivity contribution in [3.63, 3.8) is 0 Å². The van der Waals surface area contributed by atoms with Gasteiger partial charge in [0.05, 0.1) is 10.4 Å². The van der Waals surface area contributed by atoms with Crippen LogP contribution in [0.25, 0.3) is 5.57 Å². The van der Waals surface area contributed by atoms with E-state index in [2.05, 4.69) is 11.8 Å². The Kier molecular flexibility index (Phi) is 9.21. The Labute approximate surface area is 240 Å². The molecule has 8 heteroatoms. The van der Waals surface area contributed by atoms with Gasteiger partial charge in [-0.2, -0.15) is 13.2 Å². The van der Waals surface area contributed by atoms with E-state index in [0.29, 0.717) is 28.2 Å². The molecule has 1 atom stereocenters. The van der Waals surface area contributed by atoms with Gasteiger partial charge in [-0.3, -0.25) is 0 Å². The van der Waals surface area contributed by atoms with Crippen LogP contribution in [0.2, 0.25) is 0 Å². The highest BCUT2D eigenvalue weighted by atomic mass is 32.1. The minimum Gasteiger partial charge on any atom is -0.489 e. The molecule has 1 N–H and O–H groups in total. The van der Waals surface area contributed by atoms with Crippen LogP contribution in [0.5, 0.6) is 11.5 Å². The van der Waals surface area contributed by atoms with Crippen LogP contribution in [0, 0.1) is 25.7 Å². The molecular formula is C33H27F3O4S. The maximum atomic E-state index is 13.2. The first-order valence-electron chi connectivity index (χ1n) is 12.7. The Bertz CT molecular complexity index is 1610. The molecule has 0 aliphatic heterocycles. The predicted molar refractivity (Wildman–Crippen MR) is 154 cm³/mol. The lowest BCUT2D eigenvalue weighted by Crippen LogP contribution is -2.23. The van der Waals surface area contributed by atoms with Gasteiger partial charge in [0, 0.05) is 10.4 Å². The molecule has 0 aliphatic rings. The number of alkyl halides is 3. The fourth-order valence-electron chi connectivity index (χ4n) is 3.92. The van der Waals surface area contributed by atoms with E-state index in [9.17, 15) is 18.0 Å². The molecule has 0 spiro atoms. The molecule has 0 aliphatic carbocycles. The minimum absolute atomic E-state index is 0.140. The van der Waals surface area contributed by atoms with Crippen molar-refractivity contribution in [1.82, 2.24) is 0 Å². The number of carboxylic acids is 1. The van der Waals surface area contributed by atoms with Crippen LogP contribution >= 0.6 is 11.3 Å². The van der Waals surface area contributed by atoms with Crippen molar-refractivity contribution in [2.75, 3.05) is 6.61 Å². The number of halogens is 3. The van der Waals surface area contributed by atoms with Crippen LogP contribution in [0.15, 0.2) is 84.9 Å². The lowest BCUT2D eigenvalue weighted by atomic mass is 9.96. The molecule has 0 radical (unpaired) electrons. The number of hydrogen-bond donors (Lipinski definition) is 1. The Morgan fingerprint density at radius 3 is 2.17 bits per heavy atom. The van der Waals surface area contributed by atoms with E-state index in [1.165, 1.54) is 23.9 Å². The second kappa shape index (κ2) is 12.8. The highest BCUT2D eigenvalue weighted by Gasteiger charge is 2.30. The quantitative estimate of drug-likeness (QED) is 0.215. The molecule has 4 rings (SSSR count). The molecule has 0 bridgehead atoms. The zero-order valence-electron chi connectivity index (χ0n) is 22.6. The van der Waals surface area contributed by atoms with E-state index in [1.54, 1.807) is 36.5 Å². The molecule has 0 amide bonds. The number of aliphatic carboxylic acids is 1. The maximum Gasteiger partial charge on any atom is 0.416 e. The van der Waals surface area contributed by atoms with Gasteiger partial charge in [0.25, 0.3) is 0 Å². The highest BCUT2D eigenvalue weighted by molar-refractivity contribution is 7.12. The zero-order chi connectivity index (χ0) is 29.6. The van der Waals surface area contributed by atoms with Gasteiger partial charge in [-0.1, -0.05) is 36.1 Å². The highest BCUT2D eigenvalue weighted by Crippen LogP contribution is 2.32. The molecule has 0 saturated carbocycles. The number of hydrogen-bond acceptors (Lipinski definition) is 4. The first kappa shape index (κ1) is 29.5. The van der Waals surface area contributed by atoms with Crippen molar-refractivity contribution >= 4 is 22.9 Å². The zero-order valence-corrected chi connectivity index (χ0v) is 23.4. The van der Waals surface area contributed by atoms with E-state index >= 15 is 0 Å². The van der Waals surface area contributed by atoms with Crippen LogP contribution < -0.4 is 9.47 Å². The van der Waals surface area contributed by atoms with E-state index < -0.39 is 23.8 Å². The Morgan fingerprint density at radius 1 is 0.951 bits per heavy atom. The molecule has 1 aromatic heterocycles. The summed E-state index contributed by atoms with van der Waals surface area (Å²) in [5.74, 6) is 6.20. The maximum absolute atomic E-state index is 13.2. The number of thiophene rings is 1. The fraction of sp³-hybridized carbons (Fsp3) is 0.182. The largest absolute Gasteiger partial charge is 0.489 e. The van der Waals surface area contributed by atoms with E-state index in [-0.39, 0.29) is 6.61 Å². The third-order valence-corrected chi connectivity index (χ3v) is 7.04. The number of carbonyl (C=O) groups is 1. The average molecular weight is 577 g/mol. The molecule has 0 fully saturated rings. The number of aryl methyl sites for hydroxylation is 2. The third kappa shape index (κ3) is 8.03. The van der Waals surface area contributed by atoms with Gasteiger partial charge in [0.2, 0.25) is 0 Å². The topological polar surface area (TPSA) is 55.8 Å². The van der Waals surface area contributed by atoms with Crippen molar-refractivity contribution in [3.05, 3.63) is 123 Å². The van der Waals surface area contributed by atoms with Crippen molar-refractivity contribution in [3.8, 4) is 23.3 Å². The Balaban J connectivity index is 1.57. The molecule has 210 valence electrons. The summed E-state index contributed by atoms with van der Waals surface area (Å²) < 4.78 is 50.8. The summed E-state index contributed by atoms with van der Waals surface area (Å²) in [6.45, 7) is 5.39. The van der Waals surface area contributed by atoms with E-state index in [1.807, 2.05) is 49.4 Å². The van der Waals surface area contributed by atoms with Crippen molar-refractivity contribution < 1.29 is 32.5 Å². The van der Waals surface area contributed by atoms with Gasteiger partial charge in [0.1, 0.15) is 18.1 Å². The van der Waals surface area contributed by atoms with Crippen molar-refractivity contribution in [2.45, 2.75) is 33.1 Å². The van der Waals surface area contributed by atoms with Gasteiger partial charge < -0.3 is 14.6 Å². The number of carboxylic acid groups (broad SMARTS) is 1. The van der Waals surface area contributed by atoms with Crippen LogP contribution in [-0.4, -0.2) is 23.8 Å². The van der Waals surface area contributed by atoms with Gasteiger partial charge in [-0.15, -0.1) is 11.3 Å². The first-order chi connectivity index (χ1) is 19.5. The summed E-state index contributed by atoms with van der Waals surface area (Å²) in [5.41, 5.74) is 2.92.